The molecule has 0 saturated heterocycles. The largest absolute Gasteiger partial charge is 0.381 e. The maximum absolute atomic E-state index is 11.3. The SMILES string of the molecule is CCCOCCCCC(C)(NCC)C(N)=O. The number of nitrogens with two attached hydrogens (primary N) is 1. The maximum Gasteiger partial charge on any atom is 0.237 e. The zero-order chi connectivity index (χ0) is 12.4. The molecule has 0 heterocycles. The Morgan fingerprint density at radius 2 is 2.00 bits per heavy atom. The standard InChI is InChI=1S/C12H26N2O2/c1-4-9-16-10-7-6-8-12(3,11(13)15)14-5-2/h14H,4-10H2,1-3H3,(H2,13,15). The van der Waals surface area contributed by atoms with Crippen molar-refractivity contribution in [3.63, 3.8) is 0 Å². The Hall–Kier alpha value is -0.610. The van der Waals surface area contributed by atoms with Gasteiger partial charge >= 0.3 is 0 Å². The molecule has 0 aromatic rings. The molecule has 96 valence electrons. The summed E-state index contributed by atoms with van der Waals surface area (Å²) < 4.78 is 5.38. The molecule has 1 unspecified atom stereocenters. The normalized spacial score (nSPS) is 14.7. The number of likely N-dealkylation sites (N-methyl/N-ethyl adjacent to an activating group) is 1. The fourth-order valence-electron chi connectivity index (χ4n) is 1.62. The van der Waals surface area contributed by atoms with Crippen LogP contribution in [-0.2, 0) is 9.53 Å². The molecule has 0 aliphatic heterocycles. The van der Waals surface area contributed by atoms with Crippen molar-refractivity contribution in [2.24, 2.45) is 5.73 Å². The van der Waals surface area contributed by atoms with Gasteiger partial charge in [0.25, 0.3) is 0 Å². The van der Waals surface area contributed by atoms with E-state index in [0.717, 1.165) is 45.4 Å². The van der Waals surface area contributed by atoms with Crippen molar-refractivity contribution in [2.75, 3.05) is 19.8 Å². The van der Waals surface area contributed by atoms with Crippen LogP contribution in [0.5, 0.6) is 0 Å². The van der Waals surface area contributed by atoms with E-state index in [1.807, 2.05) is 13.8 Å². The van der Waals surface area contributed by atoms with Crippen LogP contribution in [0.15, 0.2) is 0 Å². The minimum atomic E-state index is -0.570. The zero-order valence-corrected chi connectivity index (χ0v) is 10.8. The van der Waals surface area contributed by atoms with Crippen LogP contribution in [0.1, 0.15) is 46.5 Å². The van der Waals surface area contributed by atoms with Crippen LogP contribution in [-0.4, -0.2) is 31.2 Å². The van der Waals surface area contributed by atoms with Crippen LogP contribution in [0.2, 0.25) is 0 Å². The maximum atomic E-state index is 11.3. The molecule has 1 atom stereocenters. The Labute approximate surface area is 98.9 Å². The monoisotopic (exact) mass is 230 g/mol. The Morgan fingerprint density at radius 1 is 1.31 bits per heavy atom. The lowest BCUT2D eigenvalue weighted by Gasteiger charge is -2.26. The topological polar surface area (TPSA) is 64.3 Å². The van der Waals surface area contributed by atoms with Crippen molar-refractivity contribution in [3.8, 4) is 0 Å². The molecule has 16 heavy (non-hydrogen) atoms. The van der Waals surface area contributed by atoms with Gasteiger partial charge in [-0.2, -0.15) is 0 Å². The molecule has 1 amide bonds. The fraction of sp³-hybridized carbons (Fsp3) is 0.917. The number of amides is 1. The molecular weight excluding hydrogens is 204 g/mol. The molecule has 0 aromatic heterocycles. The molecule has 0 fully saturated rings. The highest BCUT2D eigenvalue weighted by Crippen LogP contribution is 2.13. The van der Waals surface area contributed by atoms with E-state index in [0.29, 0.717) is 0 Å². The van der Waals surface area contributed by atoms with Gasteiger partial charge in [0.2, 0.25) is 5.91 Å². The number of ether oxygens (including phenoxy) is 1. The molecule has 0 aromatic carbocycles. The Balaban J connectivity index is 3.73. The van der Waals surface area contributed by atoms with Crippen molar-refractivity contribution >= 4 is 5.91 Å². The first-order chi connectivity index (χ1) is 7.56. The summed E-state index contributed by atoms with van der Waals surface area (Å²) in [5, 5.41) is 3.15. The van der Waals surface area contributed by atoms with Crippen LogP contribution < -0.4 is 11.1 Å². The highest BCUT2D eigenvalue weighted by molar-refractivity contribution is 5.84. The molecular formula is C12H26N2O2. The second-order valence-electron chi connectivity index (χ2n) is 4.30. The van der Waals surface area contributed by atoms with Gasteiger partial charge in [0, 0.05) is 13.2 Å². The molecule has 4 heteroatoms. The van der Waals surface area contributed by atoms with Gasteiger partial charge < -0.3 is 15.8 Å². The summed E-state index contributed by atoms with van der Waals surface area (Å²) in [4.78, 5) is 11.3. The number of rotatable bonds is 10. The summed E-state index contributed by atoms with van der Waals surface area (Å²) in [6.07, 6.45) is 3.76. The van der Waals surface area contributed by atoms with Gasteiger partial charge in [0.05, 0.1) is 5.54 Å². The van der Waals surface area contributed by atoms with Crippen molar-refractivity contribution < 1.29 is 9.53 Å². The lowest BCUT2D eigenvalue weighted by molar-refractivity contribution is -0.124. The first kappa shape index (κ1) is 15.4. The van der Waals surface area contributed by atoms with Crippen molar-refractivity contribution in [1.82, 2.24) is 5.32 Å². The number of nitrogens with one attached hydrogen (secondary N) is 1. The van der Waals surface area contributed by atoms with E-state index in [4.69, 9.17) is 10.5 Å². The number of carbonyl (C=O) groups excluding carboxylic acids is 1. The third kappa shape index (κ3) is 6.08. The summed E-state index contributed by atoms with van der Waals surface area (Å²) in [6.45, 7) is 8.29. The number of primary amides is 1. The molecule has 0 saturated carbocycles. The Bertz CT molecular complexity index is 197. The Morgan fingerprint density at radius 3 is 2.50 bits per heavy atom. The van der Waals surface area contributed by atoms with Crippen molar-refractivity contribution in [3.05, 3.63) is 0 Å². The van der Waals surface area contributed by atoms with E-state index in [2.05, 4.69) is 12.2 Å². The van der Waals surface area contributed by atoms with Crippen LogP contribution in [0.4, 0.5) is 0 Å². The molecule has 0 radical (unpaired) electrons. The van der Waals surface area contributed by atoms with Gasteiger partial charge in [-0.1, -0.05) is 13.8 Å². The zero-order valence-electron chi connectivity index (χ0n) is 10.8. The number of carbonyl (C=O) groups is 1. The van der Waals surface area contributed by atoms with Crippen molar-refractivity contribution in [1.29, 1.82) is 0 Å². The smallest absolute Gasteiger partial charge is 0.237 e. The molecule has 0 bridgehead atoms. The third-order valence-corrected chi connectivity index (χ3v) is 2.67. The summed E-state index contributed by atoms with van der Waals surface area (Å²) in [6, 6.07) is 0. The summed E-state index contributed by atoms with van der Waals surface area (Å²) in [7, 11) is 0. The van der Waals surface area contributed by atoms with Crippen LogP contribution in [0, 0.1) is 0 Å². The van der Waals surface area contributed by atoms with Gasteiger partial charge in [0.15, 0.2) is 0 Å². The van der Waals surface area contributed by atoms with Gasteiger partial charge in [-0.05, 0) is 39.2 Å². The lowest BCUT2D eigenvalue weighted by Crippen LogP contribution is -2.52. The van der Waals surface area contributed by atoms with E-state index in [9.17, 15) is 4.79 Å². The predicted molar refractivity (Wildman–Crippen MR) is 66.2 cm³/mol. The fourth-order valence-corrected chi connectivity index (χ4v) is 1.62. The second kappa shape index (κ2) is 8.53. The highest BCUT2D eigenvalue weighted by Gasteiger charge is 2.28. The molecule has 0 spiro atoms. The summed E-state index contributed by atoms with van der Waals surface area (Å²) in [5.41, 5.74) is 4.82. The van der Waals surface area contributed by atoms with Crippen molar-refractivity contribution in [2.45, 2.75) is 52.0 Å². The second-order valence-corrected chi connectivity index (χ2v) is 4.30. The quantitative estimate of drug-likeness (QED) is 0.558. The molecule has 0 rings (SSSR count). The molecule has 3 N–H and O–H groups in total. The van der Waals surface area contributed by atoms with Crippen LogP contribution >= 0.6 is 0 Å². The number of hydrogen-bond donors (Lipinski definition) is 2. The minimum Gasteiger partial charge on any atom is -0.381 e. The van der Waals surface area contributed by atoms with E-state index < -0.39 is 5.54 Å². The van der Waals surface area contributed by atoms with E-state index >= 15 is 0 Å². The summed E-state index contributed by atoms with van der Waals surface area (Å²) >= 11 is 0. The lowest BCUT2D eigenvalue weighted by atomic mass is 9.94. The molecule has 0 aliphatic rings. The first-order valence-electron chi connectivity index (χ1n) is 6.19. The average Bonchev–Trinajstić information content (AvgIpc) is 2.23. The van der Waals surface area contributed by atoms with Gasteiger partial charge in [-0.25, -0.2) is 0 Å². The van der Waals surface area contributed by atoms with E-state index in [1.165, 1.54) is 0 Å². The van der Waals surface area contributed by atoms with Crippen LogP contribution in [0.3, 0.4) is 0 Å². The predicted octanol–water partition coefficient (Wildman–Crippen LogP) is 1.44. The first-order valence-corrected chi connectivity index (χ1v) is 6.19. The number of unbranched alkanes of at least 4 members (excludes halogenated alkanes) is 1. The van der Waals surface area contributed by atoms with E-state index in [1.54, 1.807) is 0 Å². The number of hydrogen-bond acceptors (Lipinski definition) is 3. The van der Waals surface area contributed by atoms with E-state index in [-0.39, 0.29) is 5.91 Å². The highest BCUT2D eigenvalue weighted by atomic mass is 16.5. The van der Waals surface area contributed by atoms with Crippen LogP contribution in [0.25, 0.3) is 0 Å². The van der Waals surface area contributed by atoms with Gasteiger partial charge in [-0.3, -0.25) is 4.79 Å². The third-order valence-electron chi connectivity index (χ3n) is 2.67. The Kier molecular flexibility index (Phi) is 8.21. The molecule has 0 aliphatic carbocycles. The average molecular weight is 230 g/mol. The minimum absolute atomic E-state index is 0.274. The summed E-state index contributed by atoms with van der Waals surface area (Å²) in [5.74, 6) is -0.274. The molecule has 4 nitrogen and oxygen atoms in total. The van der Waals surface area contributed by atoms with Gasteiger partial charge in [0.1, 0.15) is 0 Å². The van der Waals surface area contributed by atoms with Gasteiger partial charge in [-0.15, -0.1) is 0 Å².